The monoisotopic (exact) mass is 432 g/mol. The highest BCUT2D eigenvalue weighted by Gasteiger charge is 2.20. The first-order valence-electron chi connectivity index (χ1n) is 10.1. The fraction of sp³-hybridized carbons (Fsp3) is 0.476. The summed E-state index contributed by atoms with van der Waals surface area (Å²) in [5, 5.41) is 11.2. The van der Waals surface area contributed by atoms with Crippen molar-refractivity contribution >= 4 is 22.9 Å². The molecule has 8 nitrogen and oxygen atoms in total. The van der Waals surface area contributed by atoms with Crippen LogP contribution in [0.1, 0.15) is 31.7 Å². The van der Waals surface area contributed by atoms with Gasteiger partial charge in [-0.15, -0.1) is 0 Å². The quantitative estimate of drug-likeness (QED) is 0.377. The Morgan fingerprint density at radius 1 is 1.27 bits per heavy atom. The molecule has 3 aromatic rings. The lowest BCUT2D eigenvalue weighted by Gasteiger charge is -2.16. The van der Waals surface area contributed by atoms with Gasteiger partial charge in [-0.3, -0.25) is 14.3 Å². The van der Waals surface area contributed by atoms with E-state index in [0.29, 0.717) is 16.6 Å². The van der Waals surface area contributed by atoms with Crippen molar-refractivity contribution in [2.75, 3.05) is 12.4 Å². The second kappa shape index (κ2) is 9.99. The summed E-state index contributed by atoms with van der Waals surface area (Å²) >= 11 is 1.53. The molecular weight excluding hydrogens is 404 g/mol. The molecule has 0 aliphatic heterocycles. The number of unbranched alkanes of at least 4 members (excludes halogenated alkanes) is 2. The number of fused-ring (bicyclic) bond motifs is 1. The van der Waals surface area contributed by atoms with Crippen LogP contribution in [-0.2, 0) is 13.6 Å². The molecule has 2 N–H and O–H groups in total. The van der Waals surface area contributed by atoms with E-state index in [9.17, 15) is 14.7 Å². The van der Waals surface area contributed by atoms with Gasteiger partial charge < -0.3 is 14.4 Å². The second-order valence-electron chi connectivity index (χ2n) is 7.28. The van der Waals surface area contributed by atoms with Gasteiger partial charge in [0, 0.05) is 12.8 Å². The number of ether oxygens (including phenoxy) is 1. The van der Waals surface area contributed by atoms with Gasteiger partial charge in [0.1, 0.15) is 18.5 Å². The number of aliphatic hydroxyl groups excluding tert-OH is 1. The minimum atomic E-state index is -0.853. The average molecular weight is 433 g/mol. The molecule has 0 radical (unpaired) electrons. The summed E-state index contributed by atoms with van der Waals surface area (Å²) in [6.45, 7) is 4.30. The van der Waals surface area contributed by atoms with Crippen LogP contribution in [0.3, 0.4) is 0 Å². The average Bonchev–Trinajstić information content (AvgIpc) is 3.07. The summed E-state index contributed by atoms with van der Waals surface area (Å²) in [6.07, 6.45) is 2.39. The summed E-state index contributed by atoms with van der Waals surface area (Å²) in [5.74, 6) is 1.56. The molecule has 1 aromatic carbocycles. The summed E-state index contributed by atoms with van der Waals surface area (Å²) in [7, 11) is 1.57. The zero-order valence-corrected chi connectivity index (χ0v) is 18.4. The van der Waals surface area contributed by atoms with Crippen molar-refractivity contribution in [2.24, 2.45) is 7.05 Å². The van der Waals surface area contributed by atoms with Crippen molar-refractivity contribution < 1.29 is 9.84 Å². The highest BCUT2D eigenvalue weighted by Crippen LogP contribution is 2.23. The van der Waals surface area contributed by atoms with E-state index in [1.807, 2.05) is 31.2 Å². The van der Waals surface area contributed by atoms with Gasteiger partial charge in [-0.05, 0) is 25.0 Å². The number of rotatable bonds is 10. The Hall–Kier alpha value is -2.52. The Morgan fingerprint density at radius 2 is 2.03 bits per heavy atom. The number of aromatic amines is 1. The number of H-pyrrole nitrogens is 1. The van der Waals surface area contributed by atoms with Crippen molar-refractivity contribution in [3.05, 3.63) is 50.7 Å². The minimum absolute atomic E-state index is 0.0775. The number of hydrogen-bond donors (Lipinski definition) is 2. The molecule has 162 valence electrons. The fourth-order valence-corrected chi connectivity index (χ4v) is 4.18. The molecule has 9 heteroatoms. The van der Waals surface area contributed by atoms with Crippen LogP contribution in [0.25, 0.3) is 11.2 Å². The van der Waals surface area contributed by atoms with Crippen LogP contribution in [0.5, 0.6) is 5.75 Å². The van der Waals surface area contributed by atoms with Crippen molar-refractivity contribution in [2.45, 2.75) is 50.9 Å². The molecule has 1 atom stereocenters. The maximum absolute atomic E-state index is 12.5. The number of nitrogens with one attached hydrogen (secondary N) is 1. The minimum Gasteiger partial charge on any atom is -0.491 e. The Balaban J connectivity index is 1.86. The van der Waals surface area contributed by atoms with Gasteiger partial charge in [-0.1, -0.05) is 49.7 Å². The topological polar surface area (TPSA) is 102 Å². The van der Waals surface area contributed by atoms with Crippen molar-refractivity contribution in [3.63, 3.8) is 0 Å². The number of aliphatic hydroxyl groups is 1. The van der Waals surface area contributed by atoms with Gasteiger partial charge in [0.05, 0.1) is 6.54 Å². The van der Waals surface area contributed by atoms with Crippen LogP contribution in [0, 0.1) is 6.92 Å². The Morgan fingerprint density at radius 3 is 2.77 bits per heavy atom. The zero-order chi connectivity index (χ0) is 21.7. The summed E-state index contributed by atoms with van der Waals surface area (Å²) in [6, 6.07) is 7.60. The van der Waals surface area contributed by atoms with E-state index in [1.54, 1.807) is 11.6 Å². The number of benzene rings is 1. The number of hydrogen-bond acceptors (Lipinski definition) is 6. The molecule has 2 aromatic heterocycles. The molecular formula is C21H28N4O4S. The van der Waals surface area contributed by atoms with Crippen molar-refractivity contribution in [1.29, 1.82) is 0 Å². The molecule has 0 spiro atoms. The van der Waals surface area contributed by atoms with E-state index in [4.69, 9.17) is 4.74 Å². The van der Waals surface area contributed by atoms with Crippen molar-refractivity contribution in [3.8, 4) is 5.75 Å². The van der Waals surface area contributed by atoms with E-state index in [0.717, 1.165) is 30.6 Å². The van der Waals surface area contributed by atoms with Crippen LogP contribution < -0.4 is 16.0 Å². The van der Waals surface area contributed by atoms with Crippen LogP contribution in [0.4, 0.5) is 0 Å². The third-order valence-electron chi connectivity index (χ3n) is 4.87. The molecule has 0 aliphatic rings. The largest absolute Gasteiger partial charge is 0.491 e. The van der Waals surface area contributed by atoms with Crippen LogP contribution in [0.2, 0.25) is 0 Å². The molecule has 0 saturated heterocycles. The third-order valence-corrected chi connectivity index (χ3v) is 5.93. The molecule has 0 aliphatic carbocycles. The molecule has 0 bridgehead atoms. The number of imidazole rings is 1. The molecule has 2 heterocycles. The maximum atomic E-state index is 12.5. The first-order chi connectivity index (χ1) is 14.4. The van der Waals surface area contributed by atoms with Gasteiger partial charge in [0.2, 0.25) is 0 Å². The second-order valence-corrected chi connectivity index (χ2v) is 8.34. The van der Waals surface area contributed by atoms with E-state index in [2.05, 4.69) is 16.9 Å². The standard InChI is InChI=1S/C21H28N4O4S/c1-4-5-8-11-30-21-22-18-17(19(27)23-20(28)24(18)3)25(21)12-15(26)13-29-16-10-7-6-9-14(16)2/h6-7,9-10,15,26H,4-5,8,11-13H2,1-3H3,(H,23,27,28). The zero-order valence-electron chi connectivity index (χ0n) is 17.6. The van der Waals surface area contributed by atoms with Gasteiger partial charge in [-0.25, -0.2) is 9.78 Å². The lowest BCUT2D eigenvalue weighted by Crippen LogP contribution is -2.30. The SMILES string of the molecule is CCCCCSc1nc2c(c(=O)[nH]c(=O)n2C)n1CC(O)COc1ccccc1C. The molecule has 0 saturated carbocycles. The fourth-order valence-electron chi connectivity index (χ4n) is 3.18. The molecule has 0 fully saturated rings. The Labute approximate surface area is 178 Å². The summed E-state index contributed by atoms with van der Waals surface area (Å²) < 4.78 is 8.76. The number of aryl methyl sites for hydroxylation is 2. The van der Waals surface area contributed by atoms with E-state index in [1.165, 1.54) is 16.3 Å². The third kappa shape index (κ3) is 4.96. The van der Waals surface area contributed by atoms with Gasteiger partial charge in [-0.2, -0.15) is 0 Å². The number of para-hydroxylation sites is 1. The van der Waals surface area contributed by atoms with Crippen LogP contribution >= 0.6 is 11.8 Å². The van der Waals surface area contributed by atoms with E-state index >= 15 is 0 Å². The molecule has 1 unspecified atom stereocenters. The predicted molar refractivity (Wildman–Crippen MR) is 119 cm³/mol. The lowest BCUT2D eigenvalue weighted by molar-refractivity contribution is 0.0910. The highest BCUT2D eigenvalue weighted by molar-refractivity contribution is 7.99. The lowest BCUT2D eigenvalue weighted by atomic mass is 10.2. The summed E-state index contributed by atoms with van der Waals surface area (Å²) in [5.41, 5.74) is 0.561. The molecule has 3 rings (SSSR count). The van der Waals surface area contributed by atoms with E-state index in [-0.39, 0.29) is 18.7 Å². The normalized spacial score (nSPS) is 12.4. The number of thioether (sulfide) groups is 1. The molecule has 0 amide bonds. The van der Waals surface area contributed by atoms with Gasteiger partial charge >= 0.3 is 5.69 Å². The number of aromatic nitrogens is 4. The highest BCUT2D eigenvalue weighted by atomic mass is 32.2. The Bertz CT molecular complexity index is 1120. The van der Waals surface area contributed by atoms with E-state index < -0.39 is 17.4 Å². The van der Waals surface area contributed by atoms with Crippen LogP contribution in [0.15, 0.2) is 39.0 Å². The predicted octanol–water partition coefficient (Wildman–Crippen LogP) is 2.45. The van der Waals surface area contributed by atoms with Gasteiger partial charge in [0.15, 0.2) is 16.3 Å². The van der Waals surface area contributed by atoms with Gasteiger partial charge in [0.25, 0.3) is 5.56 Å². The summed E-state index contributed by atoms with van der Waals surface area (Å²) in [4.78, 5) is 31.3. The first-order valence-corrected chi connectivity index (χ1v) is 11.1. The van der Waals surface area contributed by atoms with Crippen LogP contribution in [-0.4, -0.2) is 42.7 Å². The van der Waals surface area contributed by atoms with Crippen molar-refractivity contribution in [1.82, 2.24) is 19.1 Å². The maximum Gasteiger partial charge on any atom is 0.329 e. The first kappa shape index (κ1) is 22.2. The molecule has 30 heavy (non-hydrogen) atoms. The Kier molecular flexibility index (Phi) is 7.38. The number of nitrogens with zero attached hydrogens (tertiary/aromatic N) is 3. The smallest absolute Gasteiger partial charge is 0.329 e.